The Morgan fingerprint density at radius 2 is 1.90 bits per heavy atom. The third-order valence-corrected chi connectivity index (χ3v) is 6.86. The number of benzene rings is 2. The number of carbonyl (C=O) groups excluding carboxylic acids is 1. The molecule has 0 bridgehead atoms. The Morgan fingerprint density at radius 1 is 1.24 bits per heavy atom. The average Bonchev–Trinajstić information content (AvgIpc) is 2.96. The van der Waals surface area contributed by atoms with E-state index in [2.05, 4.69) is 20.7 Å². The van der Waals surface area contributed by atoms with Crippen LogP contribution in [0.1, 0.15) is 37.4 Å². The number of rotatable bonds is 6. The van der Waals surface area contributed by atoms with E-state index < -0.39 is 22.0 Å². The summed E-state index contributed by atoms with van der Waals surface area (Å²) in [6.07, 6.45) is 0.171. The van der Waals surface area contributed by atoms with Gasteiger partial charge in [0.15, 0.2) is 0 Å². The first kappa shape index (κ1) is 21.5. The van der Waals surface area contributed by atoms with Gasteiger partial charge in [-0.1, -0.05) is 28.1 Å². The molecule has 1 aliphatic rings. The van der Waals surface area contributed by atoms with Gasteiger partial charge >= 0.3 is 5.97 Å². The molecule has 0 unspecified atom stereocenters. The number of nitrogens with zero attached hydrogens (tertiary/aromatic N) is 1. The summed E-state index contributed by atoms with van der Waals surface area (Å²) in [6, 6.07) is 10.5. The number of sulfonamides is 1. The minimum absolute atomic E-state index is 0.0429. The highest BCUT2D eigenvalue weighted by atomic mass is 79.9. The molecule has 154 valence electrons. The largest absolute Gasteiger partial charge is 0.481 e. The van der Waals surface area contributed by atoms with Crippen molar-refractivity contribution in [3.05, 3.63) is 58.1 Å². The first-order valence-corrected chi connectivity index (χ1v) is 11.3. The van der Waals surface area contributed by atoms with Crippen LogP contribution in [0.25, 0.3) is 0 Å². The number of amides is 1. The van der Waals surface area contributed by atoms with Crippen molar-refractivity contribution < 1.29 is 23.1 Å². The zero-order valence-electron chi connectivity index (χ0n) is 15.9. The molecule has 29 heavy (non-hydrogen) atoms. The minimum atomic E-state index is -3.97. The molecule has 1 amide bonds. The number of carboxylic acids is 1. The van der Waals surface area contributed by atoms with Crippen LogP contribution in [-0.2, 0) is 26.0 Å². The van der Waals surface area contributed by atoms with Crippen molar-refractivity contribution in [2.45, 2.75) is 43.7 Å². The Kier molecular flexibility index (Phi) is 6.11. The molecule has 2 aromatic carbocycles. The summed E-state index contributed by atoms with van der Waals surface area (Å²) in [7, 11) is -3.97. The summed E-state index contributed by atoms with van der Waals surface area (Å²) in [5.74, 6) is -1.21. The molecular weight excluding hydrogens is 460 g/mol. The Labute approximate surface area is 177 Å². The van der Waals surface area contributed by atoms with Crippen molar-refractivity contribution in [2.75, 3.05) is 4.90 Å². The molecule has 1 aliphatic heterocycles. The molecule has 0 saturated heterocycles. The fourth-order valence-corrected chi connectivity index (χ4v) is 5.15. The van der Waals surface area contributed by atoms with Gasteiger partial charge in [-0.3, -0.25) is 9.59 Å². The molecule has 9 heteroatoms. The second-order valence-electron chi connectivity index (χ2n) is 7.06. The summed E-state index contributed by atoms with van der Waals surface area (Å²) in [4.78, 5) is 24.8. The SMILES string of the molecule is CC(=O)N1c2ccc(S(=O)(=O)N[C@H](CC(=O)O)c3ccc(Br)cc3)cc2C[C@@H]1C. The van der Waals surface area contributed by atoms with E-state index in [-0.39, 0.29) is 23.3 Å². The van der Waals surface area contributed by atoms with E-state index in [1.54, 1.807) is 41.3 Å². The molecule has 3 rings (SSSR count). The molecule has 0 saturated carbocycles. The number of fused-ring (bicyclic) bond motifs is 1. The van der Waals surface area contributed by atoms with Crippen LogP contribution in [0.5, 0.6) is 0 Å². The lowest BCUT2D eigenvalue weighted by Crippen LogP contribution is -2.33. The molecule has 2 N–H and O–H groups in total. The van der Waals surface area contributed by atoms with Gasteiger partial charge in [-0.15, -0.1) is 0 Å². The second kappa shape index (κ2) is 8.25. The smallest absolute Gasteiger partial charge is 0.305 e. The molecule has 1 heterocycles. The number of hydrogen-bond acceptors (Lipinski definition) is 4. The molecule has 0 fully saturated rings. The lowest BCUT2D eigenvalue weighted by molar-refractivity contribution is -0.137. The quantitative estimate of drug-likeness (QED) is 0.660. The van der Waals surface area contributed by atoms with Crippen LogP contribution in [0.3, 0.4) is 0 Å². The Hall–Kier alpha value is -2.23. The number of anilines is 1. The zero-order chi connectivity index (χ0) is 21.3. The number of carboxylic acid groups (broad SMARTS) is 1. The van der Waals surface area contributed by atoms with Crippen molar-refractivity contribution in [1.29, 1.82) is 0 Å². The van der Waals surface area contributed by atoms with Crippen LogP contribution in [0.4, 0.5) is 5.69 Å². The standard InChI is InChI=1S/C20H21BrN2O5S/c1-12-9-15-10-17(7-8-19(15)23(12)13(2)24)29(27,28)22-18(11-20(25)26)14-3-5-16(21)6-4-14/h3-8,10,12,18,22H,9,11H2,1-2H3,(H,25,26)/t12-,18+/m0/s1. The van der Waals surface area contributed by atoms with E-state index in [1.165, 1.54) is 13.0 Å². The van der Waals surface area contributed by atoms with Gasteiger partial charge in [0, 0.05) is 23.1 Å². The van der Waals surface area contributed by atoms with Gasteiger partial charge in [-0.2, -0.15) is 0 Å². The predicted octanol–water partition coefficient (Wildman–Crippen LogP) is 3.24. The van der Waals surface area contributed by atoms with Crippen LogP contribution in [0, 0.1) is 0 Å². The molecule has 0 radical (unpaired) electrons. The highest BCUT2D eigenvalue weighted by Gasteiger charge is 2.31. The summed E-state index contributed by atoms with van der Waals surface area (Å²) >= 11 is 3.31. The first-order chi connectivity index (χ1) is 13.6. The van der Waals surface area contributed by atoms with Crippen LogP contribution >= 0.6 is 15.9 Å². The van der Waals surface area contributed by atoms with Gasteiger partial charge in [-0.25, -0.2) is 13.1 Å². The van der Waals surface area contributed by atoms with Gasteiger partial charge in [0.1, 0.15) is 0 Å². The van der Waals surface area contributed by atoms with Crippen LogP contribution < -0.4 is 9.62 Å². The van der Waals surface area contributed by atoms with Crippen molar-refractivity contribution in [3.8, 4) is 0 Å². The molecule has 7 nitrogen and oxygen atoms in total. The van der Waals surface area contributed by atoms with Gasteiger partial charge in [0.25, 0.3) is 0 Å². The van der Waals surface area contributed by atoms with Crippen LogP contribution in [0.15, 0.2) is 51.8 Å². The van der Waals surface area contributed by atoms with Crippen molar-refractivity contribution in [1.82, 2.24) is 4.72 Å². The highest BCUT2D eigenvalue weighted by Crippen LogP contribution is 2.34. The molecule has 0 aliphatic carbocycles. The van der Waals surface area contributed by atoms with Crippen LogP contribution in [-0.4, -0.2) is 31.4 Å². The summed E-state index contributed by atoms with van der Waals surface area (Å²) in [5.41, 5.74) is 2.03. The van der Waals surface area contributed by atoms with Crippen molar-refractivity contribution in [2.24, 2.45) is 0 Å². The Morgan fingerprint density at radius 3 is 2.48 bits per heavy atom. The van der Waals surface area contributed by atoms with E-state index in [1.807, 2.05) is 6.92 Å². The lowest BCUT2D eigenvalue weighted by Gasteiger charge is -2.21. The molecule has 2 atom stereocenters. The maximum Gasteiger partial charge on any atom is 0.305 e. The van der Waals surface area contributed by atoms with E-state index in [4.69, 9.17) is 0 Å². The van der Waals surface area contributed by atoms with Gasteiger partial charge < -0.3 is 10.0 Å². The second-order valence-corrected chi connectivity index (χ2v) is 9.69. The van der Waals surface area contributed by atoms with Crippen molar-refractivity contribution in [3.63, 3.8) is 0 Å². The molecule has 0 aromatic heterocycles. The lowest BCUT2D eigenvalue weighted by atomic mass is 10.1. The van der Waals surface area contributed by atoms with E-state index in [0.29, 0.717) is 17.7 Å². The normalized spacial score (nSPS) is 17.1. The fraction of sp³-hybridized carbons (Fsp3) is 0.300. The van der Waals surface area contributed by atoms with Crippen LogP contribution in [0.2, 0.25) is 0 Å². The maximum absolute atomic E-state index is 13.0. The van der Waals surface area contributed by atoms with E-state index >= 15 is 0 Å². The Balaban J connectivity index is 1.91. The monoisotopic (exact) mass is 480 g/mol. The van der Waals surface area contributed by atoms with Gasteiger partial charge in [0.05, 0.1) is 17.4 Å². The molecular formula is C20H21BrN2O5S. The van der Waals surface area contributed by atoms with E-state index in [0.717, 1.165) is 10.0 Å². The minimum Gasteiger partial charge on any atom is -0.481 e. The molecule has 0 spiro atoms. The number of halogens is 1. The topological polar surface area (TPSA) is 104 Å². The third kappa shape index (κ3) is 4.68. The number of nitrogens with one attached hydrogen (secondary N) is 1. The predicted molar refractivity (Wildman–Crippen MR) is 112 cm³/mol. The molecule has 2 aromatic rings. The summed E-state index contributed by atoms with van der Waals surface area (Å²) < 4.78 is 29.2. The average molecular weight is 481 g/mol. The summed E-state index contributed by atoms with van der Waals surface area (Å²) in [5, 5.41) is 9.22. The zero-order valence-corrected chi connectivity index (χ0v) is 18.3. The number of carbonyl (C=O) groups is 2. The number of aliphatic carboxylic acids is 1. The van der Waals surface area contributed by atoms with E-state index in [9.17, 15) is 23.1 Å². The Bertz CT molecular complexity index is 1050. The van der Waals surface area contributed by atoms with Gasteiger partial charge in [-0.05, 0) is 54.8 Å². The number of hydrogen-bond donors (Lipinski definition) is 2. The first-order valence-electron chi connectivity index (χ1n) is 9.01. The highest BCUT2D eigenvalue weighted by molar-refractivity contribution is 9.10. The summed E-state index contributed by atoms with van der Waals surface area (Å²) in [6.45, 7) is 3.39. The van der Waals surface area contributed by atoms with Gasteiger partial charge in [0.2, 0.25) is 15.9 Å². The fourth-order valence-electron chi connectivity index (χ4n) is 3.61. The van der Waals surface area contributed by atoms with Crippen molar-refractivity contribution >= 4 is 43.5 Å². The maximum atomic E-state index is 13.0. The third-order valence-electron chi connectivity index (χ3n) is 4.86.